The molecule has 0 aliphatic heterocycles. The molecule has 0 amide bonds. The molecule has 0 aromatic heterocycles. The van der Waals surface area contributed by atoms with Crippen molar-refractivity contribution in [3.63, 3.8) is 0 Å². The lowest BCUT2D eigenvalue weighted by molar-refractivity contribution is 0.265. The smallest absolute Gasteiger partial charge is 0.368 e. The van der Waals surface area contributed by atoms with Gasteiger partial charge in [0.05, 0.1) is 0 Å². The lowest BCUT2D eigenvalue weighted by atomic mass is 10.2. The summed E-state index contributed by atoms with van der Waals surface area (Å²) in [5, 5.41) is 1.17. The lowest BCUT2D eigenvalue weighted by Gasteiger charge is -2.22. The normalized spacial score (nSPS) is 11.7. The highest BCUT2D eigenvalue weighted by atomic mass is 28.4. The maximum absolute atomic E-state index is 5.43. The van der Waals surface area contributed by atoms with Crippen LogP contribution in [0.3, 0.4) is 0 Å². The molecule has 0 bridgehead atoms. The first kappa shape index (κ1) is 10.4. The SMILES string of the molecule is CO[Si](C)(OC)c1ccc(C)cc1. The van der Waals surface area contributed by atoms with E-state index in [-0.39, 0.29) is 0 Å². The first-order chi connectivity index (χ1) is 6.12. The van der Waals surface area contributed by atoms with Crippen LogP contribution in [0.5, 0.6) is 0 Å². The molecule has 0 atom stereocenters. The van der Waals surface area contributed by atoms with E-state index in [2.05, 4.69) is 31.2 Å². The molecule has 0 N–H and O–H groups in total. The minimum Gasteiger partial charge on any atom is -0.394 e. The van der Waals surface area contributed by atoms with E-state index in [9.17, 15) is 0 Å². The predicted molar refractivity (Wildman–Crippen MR) is 56.4 cm³/mol. The Morgan fingerprint density at radius 1 is 1.00 bits per heavy atom. The zero-order chi connectivity index (χ0) is 9.90. The Bertz CT molecular complexity index is 265. The molecule has 0 spiro atoms. The molecule has 1 aromatic rings. The van der Waals surface area contributed by atoms with E-state index < -0.39 is 8.56 Å². The third-order valence-electron chi connectivity index (χ3n) is 2.35. The van der Waals surface area contributed by atoms with Gasteiger partial charge in [0.1, 0.15) is 0 Å². The summed E-state index contributed by atoms with van der Waals surface area (Å²) in [6.45, 7) is 4.11. The van der Waals surface area contributed by atoms with Crippen LogP contribution in [0.4, 0.5) is 0 Å². The Balaban J connectivity index is 2.99. The van der Waals surface area contributed by atoms with Crippen molar-refractivity contribution >= 4 is 13.7 Å². The van der Waals surface area contributed by atoms with Crippen LogP contribution in [-0.2, 0) is 8.85 Å². The molecule has 3 heteroatoms. The highest BCUT2D eigenvalue weighted by Gasteiger charge is 2.31. The van der Waals surface area contributed by atoms with Gasteiger partial charge in [0, 0.05) is 14.2 Å². The molecule has 1 aromatic carbocycles. The monoisotopic (exact) mass is 196 g/mol. The fourth-order valence-electron chi connectivity index (χ4n) is 1.18. The average molecular weight is 196 g/mol. The molecule has 0 aliphatic rings. The van der Waals surface area contributed by atoms with Gasteiger partial charge in [-0.1, -0.05) is 29.8 Å². The van der Waals surface area contributed by atoms with E-state index in [1.807, 2.05) is 6.55 Å². The number of rotatable bonds is 3. The first-order valence-corrected chi connectivity index (χ1v) is 6.61. The third kappa shape index (κ3) is 2.18. The molecule has 1 rings (SSSR count). The summed E-state index contributed by atoms with van der Waals surface area (Å²) >= 11 is 0. The molecule has 0 unspecified atom stereocenters. The fourth-order valence-corrected chi connectivity index (χ4v) is 2.59. The molecule has 0 radical (unpaired) electrons. The van der Waals surface area contributed by atoms with Crippen LogP contribution in [0.1, 0.15) is 5.56 Å². The predicted octanol–water partition coefficient (Wildman–Crippen LogP) is 1.57. The van der Waals surface area contributed by atoms with Crippen LogP contribution in [-0.4, -0.2) is 22.8 Å². The Labute approximate surface area is 80.7 Å². The minimum absolute atomic E-state index is 1.17. The van der Waals surface area contributed by atoms with Gasteiger partial charge in [-0.2, -0.15) is 0 Å². The largest absolute Gasteiger partial charge is 0.394 e. The van der Waals surface area contributed by atoms with E-state index in [0.29, 0.717) is 0 Å². The fraction of sp³-hybridized carbons (Fsp3) is 0.400. The summed E-state index contributed by atoms with van der Waals surface area (Å²) in [5.41, 5.74) is 1.26. The van der Waals surface area contributed by atoms with E-state index in [1.54, 1.807) is 14.2 Å². The van der Waals surface area contributed by atoms with Crippen molar-refractivity contribution in [1.82, 2.24) is 0 Å². The number of aryl methyl sites for hydroxylation is 1. The van der Waals surface area contributed by atoms with Crippen molar-refractivity contribution in [2.75, 3.05) is 14.2 Å². The van der Waals surface area contributed by atoms with Crippen molar-refractivity contribution in [2.24, 2.45) is 0 Å². The Morgan fingerprint density at radius 2 is 1.46 bits per heavy atom. The van der Waals surface area contributed by atoms with Crippen molar-refractivity contribution in [1.29, 1.82) is 0 Å². The topological polar surface area (TPSA) is 18.5 Å². The van der Waals surface area contributed by atoms with Gasteiger partial charge in [-0.05, 0) is 18.7 Å². The summed E-state index contributed by atoms with van der Waals surface area (Å²) < 4.78 is 10.9. The minimum atomic E-state index is -2.10. The zero-order valence-electron chi connectivity index (χ0n) is 8.63. The van der Waals surface area contributed by atoms with Crippen molar-refractivity contribution < 1.29 is 8.85 Å². The number of benzene rings is 1. The second-order valence-electron chi connectivity index (χ2n) is 3.22. The maximum atomic E-state index is 5.43. The van der Waals surface area contributed by atoms with Crippen molar-refractivity contribution in [3.8, 4) is 0 Å². The van der Waals surface area contributed by atoms with Gasteiger partial charge in [-0.25, -0.2) is 0 Å². The quantitative estimate of drug-likeness (QED) is 0.683. The van der Waals surface area contributed by atoms with Crippen molar-refractivity contribution in [2.45, 2.75) is 13.5 Å². The molecular weight excluding hydrogens is 180 g/mol. The van der Waals surface area contributed by atoms with Gasteiger partial charge in [-0.3, -0.25) is 0 Å². The van der Waals surface area contributed by atoms with Gasteiger partial charge in [0.2, 0.25) is 0 Å². The average Bonchev–Trinajstić information content (AvgIpc) is 2.18. The Kier molecular flexibility index (Phi) is 3.25. The van der Waals surface area contributed by atoms with Crippen LogP contribution in [0.15, 0.2) is 24.3 Å². The van der Waals surface area contributed by atoms with Crippen LogP contribution < -0.4 is 5.19 Å². The zero-order valence-corrected chi connectivity index (χ0v) is 9.63. The van der Waals surface area contributed by atoms with E-state index in [1.165, 1.54) is 10.8 Å². The summed E-state index contributed by atoms with van der Waals surface area (Å²) in [4.78, 5) is 0. The number of hydrogen-bond acceptors (Lipinski definition) is 2. The summed E-state index contributed by atoms with van der Waals surface area (Å²) in [5.74, 6) is 0. The summed E-state index contributed by atoms with van der Waals surface area (Å²) in [7, 11) is 1.31. The second kappa shape index (κ2) is 4.04. The molecule has 0 fully saturated rings. The van der Waals surface area contributed by atoms with Crippen LogP contribution in [0.25, 0.3) is 0 Å². The molecule has 0 heterocycles. The van der Waals surface area contributed by atoms with Gasteiger partial charge >= 0.3 is 8.56 Å². The molecule has 0 saturated heterocycles. The van der Waals surface area contributed by atoms with Gasteiger partial charge in [-0.15, -0.1) is 0 Å². The van der Waals surface area contributed by atoms with Gasteiger partial charge < -0.3 is 8.85 Å². The van der Waals surface area contributed by atoms with Crippen LogP contribution in [0.2, 0.25) is 6.55 Å². The van der Waals surface area contributed by atoms with Crippen LogP contribution >= 0.6 is 0 Å². The van der Waals surface area contributed by atoms with E-state index in [0.717, 1.165) is 0 Å². The van der Waals surface area contributed by atoms with Gasteiger partial charge in [0.25, 0.3) is 0 Å². The lowest BCUT2D eigenvalue weighted by Crippen LogP contribution is -2.49. The second-order valence-corrected chi connectivity index (χ2v) is 6.51. The maximum Gasteiger partial charge on any atom is 0.368 e. The molecular formula is C10H16O2Si. The molecule has 2 nitrogen and oxygen atoms in total. The molecule has 0 saturated carbocycles. The van der Waals surface area contributed by atoms with Crippen LogP contribution in [0, 0.1) is 6.92 Å². The number of hydrogen-bond donors (Lipinski definition) is 0. The van der Waals surface area contributed by atoms with Crippen molar-refractivity contribution in [3.05, 3.63) is 29.8 Å². The summed E-state index contributed by atoms with van der Waals surface area (Å²) in [6, 6.07) is 8.32. The molecule has 0 aliphatic carbocycles. The standard InChI is InChI=1S/C10H16O2Si/c1-9-5-7-10(8-6-9)13(4,11-2)12-3/h5-8H,1-4H3. The highest BCUT2D eigenvalue weighted by molar-refractivity contribution is 6.79. The van der Waals surface area contributed by atoms with E-state index in [4.69, 9.17) is 8.85 Å². The molecule has 72 valence electrons. The first-order valence-electron chi connectivity index (χ1n) is 4.30. The van der Waals surface area contributed by atoms with E-state index >= 15 is 0 Å². The highest BCUT2D eigenvalue weighted by Crippen LogP contribution is 2.06. The Hall–Kier alpha value is -0.643. The summed E-state index contributed by atoms with van der Waals surface area (Å²) in [6.07, 6.45) is 0. The van der Waals surface area contributed by atoms with Gasteiger partial charge in [0.15, 0.2) is 0 Å². The molecule has 13 heavy (non-hydrogen) atoms. The third-order valence-corrected chi connectivity index (χ3v) is 5.30. The Morgan fingerprint density at radius 3 is 1.85 bits per heavy atom.